The fourth-order valence-corrected chi connectivity index (χ4v) is 2.35. The molecule has 3 heteroatoms. The van der Waals surface area contributed by atoms with Crippen molar-refractivity contribution in [3.8, 4) is 5.75 Å². The van der Waals surface area contributed by atoms with Gasteiger partial charge in [0.1, 0.15) is 12.0 Å². The van der Waals surface area contributed by atoms with Crippen LogP contribution in [0.15, 0.2) is 54.1 Å². The van der Waals surface area contributed by atoms with Crippen molar-refractivity contribution in [3.05, 3.63) is 70.3 Å². The Morgan fingerprint density at radius 3 is 2.63 bits per heavy atom. The smallest absolute Gasteiger partial charge is 0.152 e. The number of fused-ring (bicyclic) bond motifs is 1. The molecule has 2 aromatic rings. The Bertz CT molecular complexity index is 647. The number of carbonyl (C=O) groups excluding carboxylic acids is 1. The molecule has 0 saturated heterocycles. The second-order valence-electron chi connectivity index (χ2n) is 4.35. The number of hydrogen-bond donors (Lipinski definition) is 0. The zero-order valence-electron chi connectivity index (χ0n) is 10.0. The molecule has 1 heterocycles. The van der Waals surface area contributed by atoms with Crippen molar-refractivity contribution < 1.29 is 9.53 Å². The zero-order chi connectivity index (χ0) is 13.2. The highest BCUT2D eigenvalue weighted by Gasteiger charge is 2.23. The Kier molecular flexibility index (Phi) is 3.10. The monoisotopic (exact) mass is 270 g/mol. The lowest BCUT2D eigenvalue weighted by Gasteiger charge is -2.25. The number of carbonyl (C=O) groups is 1. The third-order valence-electron chi connectivity index (χ3n) is 3.08. The minimum Gasteiger partial charge on any atom is -0.480 e. The van der Waals surface area contributed by atoms with Crippen molar-refractivity contribution in [1.29, 1.82) is 0 Å². The lowest BCUT2D eigenvalue weighted by molar-refractivity contribution is -0.105. The van der Waals surface area contributed by atoms with Gasteiger partial charge in [0.25, 0.3) is 0 Å². The molecule has 0 radical (unpaired) electrons. The van der Waals surface area contributed by atoms with Gasteiger partial charge in [0, 0.05) is 16.2 Å². The van der Waals surface area contributed by atoms with E-state index in [1.54, 1.807) is 12.1 Å². The molecule has 3 rings (SSSR count). The van der Waals surface area contributed by atoms with Crippen LogP contribution < -0.4 is 4.74 Å². The summed E-state index contributed by atoms with van der Waals surface area (Å²) in [4.78, 5) is 11.3. The summed E-state index contributed by atoms with van der Waals surface area (Å²) in [5.74, 6) is 0.740. The molecule has 0 amide bonds. The van der Waals surface area contributed by atoms with Gasteiger partial charge >= 0.3 is 0 Å². The van der Waals surface area contributed by atoms with E-state index in [9.17, 15) is 4.79 Å². The van der Waals surface area contributed by atoms with Crippen LogP contribution in [0.5, 0.6) is 5.75 Å². The molecule has 94 valence electrons. The van der Waals surface area contributed by atoms with Gasteiger partial charge in [-0.3, -0.25) is 4.79 Å². The maximum absolute atomic E-state index is 11.3. The molecule has 2 nitrogen and oxygen atoms in total. The van der Waals surface area contributed by atoms with Gasteiger partial charge in [-0.05, 0) is 29.8 Å². The van der Waals surface area contributed by atoms with E-state index in [4.69, 9.17) is 16.3 Å². The summed E-state index contributed by atoms with van der Waals surface area (Å²) < 4.78 is 5.92. The van der Waals surface area contributed by atoms with Crippen LogP contribution in [0.3, 0.4) is 0 Å². The molecular formula is C16H11ClO2. The van der Waals surface area contributed by atoms with Crippen molar-refractivity contribution in [1.82, 2.24) is 0 Å². The molecule has 0 saturated carbocycles. The Hall–Kier alpha value is -2.06. The molecular weight excluding hydrogens is 260 g/mol. The van der Waals surface area contributed by atoms with Gasteiger partial charge in [0.15, 0.2) is 6.10 Å². The molecule has 0 spiro atoms. The van der Waals surface area contributed by atoms with Crippen LogP contribution in [0.1, 0.15) is 17.2 Å². The van der Waals surface area contributed by atoms with Gasteiger partial charge in [-0.25, -0.2) is 0 Å². The summed E-state index contributed by atoms with van der Waals surface area (Å²) in [5.41, 5.74) is 2.39. The van der Waals surface area contributed by atoms with E-state index in [2.05, 4.69) is 0 Å². The Morgan fingerprint density at radius 1 is 1.11 bits per heavy atom. The van der Waals surface area contributed by atoms with Gasteiger partial charge in [0.2, 0.25) is 0 Å². The minimum atomic E-state index is -0.354. The largest absolute Gasteiger partial charge is 0.480 e. The number of rotatable bonds is 2. The summed E-state index contributed by atoms with van der Waals surface area (Å²) in [6.07, 6.45) is 2.31. The SMILES string of the molecule is O=CC1=Cc2cc(Cl)ccc2OC1c1ccccc1. The molecule has 1 atom stereocenters. The lowest BCUT2D eigenvalue weighted by atomic mass is 9.97. The van der Waals surface area contributed by atoms with E-state index in [0.717, 1.165) is 23.2 Å². The Morgan fingerprint density at radius 2 is 1.89 bits per heavy atom. The molecule has 0 N–H and O–H groups in total. The van der Waals surface area contributed by atoms with E-state index in [1.807, 2.05) is 42.5 Å². The van der Waals surface area contributed by atoms with Crippen LogP contribution in [0.2, 0.25) is 5.02 Å². The van der Waals surface area contributed by atoms with Crippen molar-refractivity contribution in [2.45, 2.75) is 6.10 Å². The van der Waals surface area contributed by atoms with Crippen molar-refractivity contribution in [2.24, 2.45) is 0 Å². The predicted octanol–water partition coefficient (Wildman–Crippen LogP) is 4.06. The van der Waals surface area contributed by atoms with E-state index < -0.39 is 0 Å². The van der Waals surface area contributed by atoms with Crippen LogP contribution in [0.4, 0.5) is 0 Å². The fourth-order valence-electron chi connectivity index (χ4n) is 2.17. The van der Waals surface area contributed by atoms with E-state index in [-0.39, 0.29) is 6.10 Å². The van der Waals surface area contributed by atoms with Gasteiger partial charge in [0.05, 0.1) is 0 Å². The Labute approximate surface area is 116 Å². The third kappa shape index (κ3) is 2.27. The van der Waals surface area contributed by atoms with Gasteiger partial charge in [-0.15, -0.1) is 0 Å². The minimum absolute atomic E-state index is 0.354. The second-order valence-corrected chi connectivity index (χ2v) is 4.79. The van der Waals surface area contributed by atoms with Gasteiger partial charge in [-0.2, -0.15) is 0 Å². The summed E-state index contributed by atoms with van der Waals surface area (Å²) >= 11 is 5.95. The molecule has 0 bridgehead atoms. The average Bonchev–Trinajstić information content (AvgIpc) is 2.46. The maximum Gasteiger partial charge on any atom is 0.152 e. The first-order valence-electron chi connectivity index (χ1n) is 5.96. The number of hydrogen-bond acceptors (Lipinski definition) is 2. The summed E-state index contributed by atoms with van der Waals surface area (Å²) in [6, 6.07) is 15.1. The van der Waals surface area contributed by atoms with Crippen LogP contribution in [-0.2, 0) is 4.79 Å². The molecule has 1 unspecified atom stereocenters. The third-order valence-corrected chi connectivity index (χ3v) is 3.32. The predicted molar refractivity (Wildman–Crippen MR) is 75.3 cm³/mol. The Balaban J connectivity index is 2.07. The maximum atomic E-state index is 11.3. The second kappa shape index (κ2) is 4.90. The topological polar surface area (TPSA) is 26.3 Å². The molecule has 1 aliphatic heterocycles. The highest BCUT2D eigenvalue weighted by molar-refractivity contribution is 6.30. The van der Waals surface area contributed by atoms with Crippen molar-refractivity contribution >= 4 is 24.0 Å². The number of ether oxygens (including phenoxy) is 1. The van der Waals surface area contributed by atoms with E-state index in [0.29, 0.717) is 10.6 Å². The average molecular weight is 271 g/mol. The molecule has 19 heavy (non-hydrogen) atoms. The normalized spacial score (nSPS) is 17.1. The summed E-state index contributed by atoms with van der Waals surface area (Å²) in [5, 5.41) is 0.627. The quantitative estimate of drug-likeness (QED) is 0.770. The lowest BCUT2D eigenvalue weighted by Crippen LogP contribution is -2.15. The van der Waals surface area contributed by atoms with Crippen molar-refractivity contribution in [2.75, 3.05) is 0 Å². The van der Waals surface area contributed by atoms with Crippen LogP contribution >= 0.6 is 11.6 Å². The van der Waals surface area contributed by atoms with Gasteiger partial charge < -0.3 is 4.74 Å². The van der Waals surface area contributed by atoms with E-state index >= 15 is 0 Å². The highest BCUT2D eigenvalue weighted by Crippen LogP contribution is 2.37. The zero-order valence-corrected chi connectivity index (χ0v) is 10.8. The summed E-state index contributed by atoms with van der Waals surface area (Å²) in [7, 11) is 0. The molecule has 2 aromatic carbocycles. The highest BCUT2D eigenvalue weighted by atomic mass is 35.5. The van der Waals surface area contributed by atoms with Gasteiger partial charge in [-0.1, -0.05) is 41.9 Å². The standard InChI is InChI=1S/C16H11ClO2/c17-14-6-7-15-12(9-14)8-13(10-18)16(19-15)11-4-2-1-3-5-11/h1-10,16H. The van der Waals surface area contributed by atoms with E-state index in [1.165, 1.54) is 0 Å². The van der Waals surface area contributed by atoms with Crippen LogP contribution in [-0.4, -0.2) is 6.29 Å². The fraction of sp³-hybridized carbons (Fsp3) is 0.0625. The molecule has 0 aliphatic carbocycles. The van der Waals surface area contributed by atoms with Crippen molar-refractivity contribution in [3.63, 3.8) is 0 Å². The first kappa shape index (κ1) is 12.0. The van der Waals surface area contributed by atoms with Crippen LogP contribution in [0, 0.1) is 0 Å². The number of benzene rings is 2. The summed E-state index contributed by atoms with van der Waals surface area (Å²) in [6.45, 7) is 0. The number of halogens is 1. The molecule has 0 fully saturated rings. The molecule has 1 aliphatic rings. The number of aldehydes is 1. The molecule has 0 aromatic heterocycles. The first-order chi connectivity index (χ1) is 9.28. The first-order valence-corrected chi connectivity index (χ1v) is 6.33. The van der Waals surface area contributed by atoms with Crippen LogP contribution in [0.25, 0.3) is 6.08 Å².